The molecule has 2 amide bonds. The molecule has 0 aliphatic heterocycles. The van der Waals surface area contributed by atoms with Crippen molar-refractivity contribution in [3.63, 3.8) is 0 Å². The molecule has 1 aromatic rings. The zero-order chi connectivity index (χ0) is 16.9. The Morgan fingerprint density at radius 3 is 2.50 bits per heavy atom. The molecule has 0 bridgehead atoms. The lowest BCUT2D eigenvalue weighted by molar-refractivity contribution is -0.121. The summed E-state index contributed by atoms with van der Waals surface area (Å²) in [5.41, 5.74) is 3.26. The zero-order valence-electron chi connectivity index (χ0n) is 13.7. The zero-order valence-corrected chi connectivity index (χ0v) is 13.7. The lowest BCUT2D eigenvalue weighted by Crippen LogP contribution is -2.41. The van der Waals surface area contributed by atoms with Crippen molar-refractivity contribution in [2.24, 2.45) is 5.10 Å². The van der Waals surface area contributed by atoms with Gasteiger partial charge in [-0.25, -0.2) is 5.43 Å². The van der Waals surface area contributed by atoms with Gasteiger partial charge >= 0.3 is 0 Å². The second-order valence-corrected chi connectivity index (χ2v) is 6.23. The number of hydrogen-bond donors (Lipinski definition) is 3. The summed E-state index contributed by atoms with van der Waals surface area (Å²) in [4.78, 5) is 23.7. The van der Waals surface area contributed by atoms with Crippen LogP contribution in [0, 0.1) is 6.92 Å². The summed E-state index contributed by atoms with van der Waals surface area (Å²) in [6.07, 6.45) is 0.0946. The van der Waals surface area contributed by atoms with Crippen molar-refractivity contribution in [3.8, 4) is 5.75 Å². The number of benzene rings is 1. The number of para-hydroxylation sites is 1. The maximum absolute atomic E-state index is 12.0. The Morgan fingerprint density at radius 2 is 1.91 bits per heavy atom. The summed E-state index contributed by atoms with van der Waals surface area (Å²) in [6.45, 7) is 9.02. The van der Waals surface area contributed by atoms with Gasteiger partial charge in [-0.15, -0.1) is 0 Å². The van der Waals surface area contributed by atoms with E-state index in [1.54, 1.807) is 26.0 Å². The van der Waals surface area contributed by atoms with E-state index in [0.717, 1.165) is 0 Å². The largest absolute Gasteiger partial charge is 0.507 e. The fourth-order valence-corrected chi connectivity index (χ4v) is 1.78. The average molecular weight is 305 g/mol. The van der Waals surface area contributed by atoms with Gasteiger partial charge in [0.05, 0.1) is 12.0 Å². The van der Waals surface area contributed by atoms with Gasteiger partial charge in [-0.05, 0) is 46.2 Å². The molecule has 0 spiro atoms. The highest BCUT2D eigenvalue weighted by atomic mass is 16.3. The van der Waals surface area contributed by atoms with Gasteiger partial charge in [0.15, 0.2) is 0 Å². The molecule has 0 aliphatic carbocycles. The van der Waals surface area contributed by atoms with Crippen molar-refractivity contribution >= 4 is 17.5 Å². The summed E-state index contributed by atoms with van der Waals surface area (Å²) in [5, 5.41) is 16.5. The average Bonchev–Trinajstić information content (AvgIpc) is 2.36. The Balaban J connectivity index is 2.65. The van der Waals surface area contributed by atoms with Crippen LogP contribution in [0.15, 0.2) is 23.3 Å². The number of nitrogens with zero attached hydrogens (tertiary/aromatic N) is 1. The van der Waals surface area contributed by atoms with Crippen LogP contribution in [-0.2, 0) is 4.79 Å². The molecule has 0 heterocycles. The van der Waals surface area contributed by atoms with E-state index >= 15 is 0 Å². The number of carbonyl (C=O) groups is 2. The molecule has 0 atom stereocenters. The molecular formula is C16H23N3O3. The lowest BCUT2D eigenvalue weighted by Gasteiger charge is -2.20. The van der Waals surface area contributed by atoms with E-state index in [1.807, 2.05) is 20.8 Å². The number of hydrazone groups is 1. The van der Waals surface area contributed by atoms with Gasteiger partial charge in [0.2, 0.25) is 5.91 Å². The highest BCUT2D eigenvalue weighted by molar-refractivity contribution is 6.02. The fourth-order valence-electron chi connectivity index (χ4n) is 1.78. The molecular weight excluding hydrogens is 282 g/mol. The Kier molecular flexibility index (Phi) is 5.68. The molecule has 1 rings (SSSR count). The third-order valence-electron chi connectivity index (χ3n) is 2.76. The van der Waals surface area contributed by atoms with Crippen LogP contribution < -0.4 is 10.7 Å². The number of carbonyl (C=O) groups excluding carboxylic acids is 2. The molecule has 120 valence electrons. The van der Waals surface area contributed by atoms with Crippen LogP contribution in [0.1, 0.15) is 50.0 Å². The van der Waals surface area contributed by atoms with Crippen molar-refractivity contribution in [2.45, 2.75) is 46.6 Å². The van der Waals surface area contributed by atoms with Crippen LogP contribution >= 0.6 is 0 Å². The minimum absolute atomic E-state index is 0.0710. The van der Waals surface area contributed by atoms with Crippen molar-refractivity contribution in [3.05, 3.63) is 29.3 Å². The highest BCUT2D eigenvalue weighted by Crippen LogP contribution is 2.20. The fraction of sp³-hybridized carbons (Fsp3) is 0.438. The number of hydrogen-bond acceptors (Lipinski definition) is 4. The van der Waals surface area contributed by atoms with E-state index in [-0.39, 0.29) is 29.2 Å². The van der Waals surface area contributed by atoms with E-state index < -0.39 is 5.91 Å². The summed E-state index contributed by atoms with van der Waals surface area (Å²) in [5.74, 6) is -0.753. The second-order valence-electron chi connectivity index (χ2n) is 6.23. The number of aromatic hydroxyl groups is 1. The molecule has 0 saturated carbocycles. The van der Waals surface area contributed by atoms with Crippen LogP contribution in [0.3, 0.4) is 0 Å². The van der Waals surface area contributed by atoms with Crippen LogP contribution in [0.4, 0.5) is 0 Å². The first kappa shape index (κ1) is 17.7. The number of phenols is 1. The topological polar surface area (TPSA) is 90.8 Å². The van der Waals surface area contributed by atoms with Crippen molar-refractivity contribution in [1.29, 1.82) is 0 Å². The number of phenolic OH excluding ortho intramolecular Hbond substituents is 1. The SMILES string of the molecule is CC(CC(=O)NC(C)(C)C)=NNC(=O)c1cccc(C)c1O. The molecule has 0 saturated heterocycles. The second kappa shape index (κ2) is 7.06. The first-order valence-corrected chi connectivity index (χ1v) is 7.03. The number of nitrogens with one attached hydrogen (secondary N) is 2. The van der Waals surface area contributed by atoms with E-state index in [2.05, 4.69) is 15.8 Å². The standard InChI is InChI=1S/C16H23N3O3/c1-10-7-6-8-12(14(10)21)15(22)19-18-11(2)9-13(20)17-16(3,4)5/h6-8,21H,9H2,1-5H3,(H,17,20)(H,19,22). The summed E-state index contributed by atoms with van der Waals surface area (Å²) in [7, 11) is 0. The van der Waals surface area contributed by atoms with Crippen LogP contribution in [0.25, 0.3) is 0 Å². The third-order valence-corrected chi connectivity index (χ3v) is 2.76. The van der Waals surface area contributed by atoms with Crippen molar-refractivity contribution in [2.75, 3.05) is 0 Å². The van der Waals surface area contributed by atoms with Gasteiger partial charge in [0.25, 0.3) is 5.91 Å². The van der Waals surface area contributed by atoms with Gasteiger partial charge in [-0.2, -0.15) is 5.10 Å². The first-order chi connectivity index (χ1) is 10.1. The molecule has 1 aromatic carbocycles. The number of rotatable bonds is 4. The highest BCUT2D eigenvalue weighted by Gasteiger charge is 2.15. The minimum atomic E-state index is -0.517. The molecule has 22 heavy (non-hydrogen) atoms. The van der Waals surface area contributed by atoms with Crippen LogP contribution in [0.5, 0.6) is 5.75 Å². The minimum Gasteiger partial charge on any atom is -0.507 e. The molecule has 6 nitrogen and oxygen atoms in total. The van der Waals surface area contributed by atoms with Gasteiger partial charge in [-0.3, -0.25) is 9.59 Å². The molecule has 3 N–H and O–H groups in total. The molecule has 0 aliphatic rings. The lowest BCUT2D eigenvalue weighted by atomic mass is 10.1. The predicted octanol–water partition coefficient (Wildman–Crippen LogP) is 2.11. The first-order valence-electron chi connectivity index (χ1n) is 7.03. The Labute approximate surface area is 130 Å². The Hall–Kier alpha value is -2.37. The molecule has 0 radical (unpaired) electrons. The number of amides is 2. The third kappa shape index (κ3) is 5.55. The normalized spacial score (nSPS) is 12.0. The van der Waals surface area contributed by atoms with Gasteiger partial charge in [0, 0.05) is 11.3 Å². The molecule has 0 aromatic heterocycles. The molecule has 0 fully saturated rings. The van der Waals surface area contributed by atoms with Crippen LogP contribution in [0.2, 0.25) is 0 Å². The Bertz CT molecular complexity index is 601. The quantitative estimate of drug-likeness (QED) is 0.588. The maximum Gasteiger partial charge on any atom is 0.275 e. The molecule has 0 unspecified atom stereocenters. The predicted molar refractivity (Wildman–Crippen MR) is 85.9 cm³/mol. The van der Waals surface area contributed by atoms with Crippen LogP contribution in [-0.4, -0.2) is 28.2 Å². The van der Waals surface area contributed by atoms with Gasteiger partial charge in [-0.1, -0.05) is 12.1 Å². The monoisotopic (exact) mass is 305 g/mol. The van der Waals surface area contributed by atoms with E-state index in [4.69, 9.17) is 0 Å². The van der Waals surface area contributed by atoms with Gasteiger partial charge in [0.1, 0.15) is 5.75 Å². The maximum atomic E-state index is 12.0. The van der Waals surface area contributed by atoms with E-state index in [0.29, 0.717) is 11.3 Å². The molecule has 6 heteroatoms. The van der Waals surface area contributed by atoms with Gasteiger partial charge < -0.3 is 10.4 Å². The van der Waals surface area contributed by atoms with Crippen molar-refractivity contribution < 1.29 is 14.7 Å². The van der Waals surface area contributed by atoms with E-state index in [1.165, 1.54) is 6.07 Å². The van der Waals surface area contributed by atoms with E-state index in [9.17, 15) is 14.7 Å². The number of aryl methyl sites for hydroxylation is 1. The van der Waals surface area contributed by atoms with Crippen molar-refractivity contribution in [1.82, 2.24) is 10.7 Å². The summed E-state index contributed by atoms with van der Waals surface area (Å²) >= 11 is 0. The summed E-state index contributed by atoms with van der Waals surface area (Å²) in [6, 6.07) is 4.89. The Morgan fingerprint density at radius 1 is 1.27 bits per heavy atom. The smallest absolute Gasteiger partial charge is 0.275 e. The summed E-state index contributed by atoms with van der Waals surface area (Å²) < 4.78 is 0.